The van der Waals surface area contributed by atoms with Gasteiger partial charge in [0, 0.05) is 26.0 Å². The van der Waals surface area contributed by atoms with E-state index in [0.717, 1.165) is 13.0 Å². The molecule has 0 aliphatic heterocycles. The van der Waals surface area contributed by atoms with Crippen LogP contribution in [0.25, 0.3) is 11.6 Å². The summed E-state index contributed by atoms with van der Waals surface area (Å²) < 4.78 is 7.34. The Morgan fingerprint density at radius 3 is 2.74 bits per heavy atom. The molecular formula is C12H18N6O. The fourth-order valence-electron chi connectivity index (χ4n) is 1.53. The first-order chi connectivity index (χ1) is 9.24. The number of imidazole rings is 1. The van der Waals surface area contributed by atoms with Gasteiger partial charge >= 0.3 is 6.01 Å². The van der Waals surface area contributed by atoms with E-state index in [2.05, 4.69) is 25.3 Å². The van der Waals surface area contributed by atoms with Crippen molar-refractivity contribution in [2.45, 2.75) is 20.3 Å². The van der Waals surface area contributed by atoms with Crippen LogP contribution in [0.2, 0.25) is 0 Å². The molecule has 0 saturated carbocycles. The zero-order valence-corrected chi connectivity index (χ0v) is 11.4. The van der Waals surface area contributed by atoms with Gasteiger partial charge in [-0.15, -0.1) is 0 Å². The third-order valence-electron chi connectivity index (χ3n) is 2.41. The predicted molar refractivity (Wildman–Crippen MR) is 72.0 cm³/mol. The normalized spacial score (nSPS) is 10.5. The number of anilines is 1. The van der Waals surface area contributed by atoms with Gasteiger partial charge in [0.2, 0.25) is 11.8 Å². The van der Waals surface area contributed by atoms with E-state index in [-0.39, 0.29) is 0 Å². The lowest BCUT2D eigenvalue weighted by Crippen LogP contribution is -2.09. The minimum Gasteiger partial charge on any atom is -0.463 e. The molecule has 0 bridgehead atoms. The summed E-state index contributed by atoms with van der Waals surface area (Å²) in [5.41, 5.74) is 0. The summed E-state index contributed by atoms with van der Waals surface area (Å²) in [5, 5.41) is 3.07. The lowest BCUT2D eigenvalue weighted by Gasteiger charge is -2.08. The molecule has 0 unspecified atom stereocenters. The van der Waals surface area contributed by atoms with Crippen LogP contribution < -0.4 is 10.1 Å². The molecular weight excluding hydrogens is 244 g/mol. The second-order valence-electron chi connectivity index (χ2n) is 4.01. The summed E-state index contributed by atoms with van der Waals surface area (Å²) >= 11 is 0. The summed E-state index contributed by atoms with van der Waals surface area (Å²) in [6, 6.07) is 0.325. The topological polar surface area (TPSA) is 77.8 Å². The molecule has 0 amide bonds. The molecule has 0 aliphatic carbocycles. The summed E-state index contributed by atoms with van der Waals surface area (Å²) in [5.74, 6) is 1.69. The van der Waals surface area contributed by atoms with Gasteiger partial charge in [0.25, 0.3) is 0 Å². The highest BCUT2D eigenvalue weighted by Gasteiger charge is 2.12. The van der Waals surface area contributed by atoms with E-state index in [1.54, 1.807) is 6.20 Å². The number of aromatic nitrogens is 5. The molecule has 7 heteroatoms. The van der Waals surface area contributed by atoms with Gasteiger partial charge in [-0.3, -0.25) is 0 Å². The predicted octanol–water partition coefficient (Wildman–Crippen LogP) is 1.49. The van der Waals surface area contributed by atoms with Crippen molar-refractivity contribution in [3.8, 4) is 17.7 Å². The average molecular weight is 262 g/mol. The molecule has 19 heavy (non-hydrogen) atoms. The van der Waals surface area contributed by atoms with Crippen LogP contribution in [0.15, 0.2) is 12.4 Å². The van der Waals surface area contributed by atoms with Gasteiger partial charge < -0.3 is 14.6 Å². The largest absolute Gasteiger partial charge is 0.463 e. The Balaban J connectivity index is 2.36. The van der Waals surface area contributed by atoms with E-state index < -0.39 is 0 Å². The molecule has 7 nitrogen and oxygen atoms in total. The van der Waals surface area contributed by atoms with E-state index >= 15 is 0 Å². The first kappa shape index (κ1) is 13.3. The van der Waals surface area contributed by atoms with Crippen LogP contribution in [0.1, 0.15) is 20.3 Å². The second kappa shape index (κ2) is 6.12. The molecule has 0 atom stereocenters. The van der Waals surface area contributed by atoms with Crippen molar-refractivity contribution < 1.29 is 4.74 Å². The average Bonchev–Trinajstić information content (AvgIpc) is 2.83. The Labute approximate surface area is 112 Å². The molecule has 2 aromatic heterocycles. The first-order valence-electron chi connectivity index (χ1n) is 6.35. The van der Waals surface area contributed by atoms with Gasteiger partial charge in [-0.05, 0) is 13.3 Å². The van der Waals surface area contributed by atoms with E-state index in [0.29, 0.717) is 30.2 Å². The van der Waals surface area contributed by atoms with Gasteiger partial charge in [-0.2, -0.15) is 15.0 Å². The number of nitrogens with zero attached hydrogens (tertiary/aromatic N) is 5. The number of ether oxygens (including phenoxy) is 1. The highest BCUT2D eigenvalue weighted by Crippen LogP contribution is 2.16. The molecule has 2 heterocycles. The van der Waals surface area contributed by atoms with E-state index in [9.17, 15) is 0 Å². The molecule has 2 aromatic rings. The standard InChI is InChI=1S/C12H18N6O/c1-4-8-19-12-16-9(10-14-6-7-18(10)3)15-11(17-12)13-5-2/h6-7H,4-5,8H2,1-3H3,(H,13,15,16,17). The van der Waals surface area contributed by atoms with Crippen LogP contribution in [0.5, 0.6) is 6.01 Å². The molecule has 0 radical (unpaired) electrons. The number of hydrogen-bond acceptors (Lipinski definition) is 6. The van der Waals surface area contributed by atoms with Gasteiger partial charge in [0.05, 0.1) is 6.61 Å². The van der Waals surface area contributed by atoms with Crippen LogP contribution in [-0.2, 0) is 7.05 Å². The summed E-state index contributed by atoms with van der Waals surface area (Å²) in [7, 11) is 1.89. The highest BCUT2D eigenvalue weighted by molar-refractivity contribution is 5.47. The Morgan fingerprint density at radius 1 is 1.26 bits per heavy atom. The number of nitrogens with one attached hydrogen (secondary N) is 1. The van der Waals surface area contributed by atoms with Crippen molar-refractivity contribution in [3.63, 3.8) is 0 Å². The van der Waals surface area contributed by atoms with Crippen molar-refractivity contribution in [3.05, 3.63) is 12.4 Å². The molecule has 0 aliphatic rings. The highest BCUT2D eigenvalue weighted by atomic mass is 16.5. The van der Waals surface area contributed by atoms with Gasteiger partial charge in [-0.1, -0.05) is 6.92 Å². The Kier molecular flexibility index (Phi) is 4.27. The SMILES string of the molecule is CCCOc1nc(NCC)nc(-c2nccn2C)n1. The zero-order chi connectivity index (χ0) is 13.7. The molecule has 102 valence electrons. The van der Waals surface area contributed by atoms with Crippen LogP contribution >= 0.6 is 0 Å². The fraction of sp³-hybridized carbons (Fsp3) is 0.500. The third-order valence-corrected chi connectivity index (χ3v) is 2.41. The van der Waals surface area contributed by atoms with Crippen molar-refractivity contribution in [2.24, 2.45) is 7.05 Å². The van der Waals surface area contributed by atoms with Gasteiger partial charge in [0.1, 0.15) is 0 Å². The third kappa shape index (κ3) is 3.18. The van der Waals surface area contributed by atoms with E-state index in [4.69, 9.17) is 4.74 Å². The molecule has 1 N–H and O–H groups in total. The van der Waals surface area contributed by atoms with Crippen molar-refractivity contribution in [1.82, 2.24) is 24.5 Å². The lowest BCUT2D eigenvalue weighted by atomic mass is 10.5. The maximum Gasteiger partial charge on any atom is 0.321 e. The summed E-state index contributed by atoms with van der Waals surface area (Å²) in [6.07, 6.45) is 4.46. The minimum atomic E-state index is 0.325. The Hall–Kier alpha value is -2.18. The number of aryl methyl sites for hydroxylation is 1. The molecule has 0 fully saturated rings. The van der Waals surface area contributed by atoms with Crippen LogP contribution in [0.3, 0.4) is 0 Å². The summed E-state index contributed by atoms with van der Waals surface area (Å²) in [6.45, 7) is 5.33. The van der Waals surface area contributed by atoms with Crippen molar-refractivity contribution in [1.29, 1.82) is 0 Å². The molecule has 0 aromatic carbocycles. The Morgan fingerprint density at radius 2 is 2.11 bits per heavy atom. The fourth-order valence-corrected chi connectivity index (χ4v) is 1.53. The quantitative estimate of drug-likeness (QED) is 0.850. The monoisotopic (exact) mass is 262 g/mol. The summed E-state index contributed by atoms with van der Waals surface area (Å²) in [4.78, 5) is 17.1. The number of hydrogen-bond donors (Lipinski definition) is 1. The van der Waals surface area contributed by atoms with Gasteiger partial charge in [0.15, 0.2) is 5.82 Å². The maximum atomic E-state index is 5.48. The van der Waals surface area contributed by atoms with Crippen LogP contribution in [-0.4, -0.2) is 37.7 Å². The zero-order valence-electron chi connectivity index (χ0n) is 11.4. The lowest BCUT2D eigenvalue weighted by molar-refractivity contribution is 0.292. The van der Waals surface area contributed by atoms with E-state index in [1.165, 1.54) is 0 Å². The molecule has 0 spiro atoms. The first-order valence-corrected chi connectivity index (χ1v) is 6.35. The van der Waals surface area contributed by atoms with Crippen LogP contribution in [0, 0.1) is 0 Å². The van der Waals surface area contributed by atoms with E-state index in [1.807, 2.05) is 31.7 Å². The minimum absolute atomic E-state index is 0.325. The molecule has 0 saturated heterocycles. The van der Waals surface area contributed by atoms with Crippen LogP contribution in [0.4, 0.5) is 5.95 Å². The molecule has 2 rings (SSSR count). The second-order valence-corrected chi connectivity index (χ2v) is 4.01. The van der Waals surface area contributed by atoms with Crippen molar-refractivity contribution in [2.75, 3.05) is 18.5 Å². The Bertz CT molecular complexity index is 539. The number of rotatable bonds is 6. The maximum absolute atomic E-state index is 5.48. The van der Waals surface area contributed by atoms with Crippen molar-refractivity contribution >= 4 is 5.95 Å². The smallest absolute Gasteiger partial charge is 0.321 e. The van der Waals surface area contributed by atoms with Gasteiger partial charge in [-0.25, -0.2) is 4.98 Å².